The predicted octanol–water partition coefficient (Wildman–Crippen LogP) is 4.71. The zero-order valence-electron chi connectivity index (χ0n) is 20.5. The Bertz CT molecular complexity index is 1550. The monoisotopic (exact) mass is 543 g/mol. The van der Waals surface area contributed by atoms with Crippen LogP contribution >= 0.6 is 11.3 Å². The number of ketones is 2. The number of aromatic nitrogens is 2. The first-order valence-electron chi connectivity index (χ1n) is 12.2. The van der Waals surface area contributed by atoms with E-state index in [2.05, 4.69) is 16.9 Å². The molecule has 5 rings (SSSR count). The van der Waals surface area contributed by atoms with Crippen molar-refractivity contribution in [3.05, 3.63) is 74.1 Å². The highest BCUT2D eigenvalue weighted by Crippen LogP contribution is 2.58. The lowest BCUT2D eigenvalue weighted by molar-refractivity contribution is -0.160. The molecule has 1 unspecified atom stereocenters. The van der Waals surface area contributed by atoms with E-state index in [4.69, 9.17) is 0 Å². The standard InChI is InChI=1S/C27H24F3N3O4S/c1-14-3-8-19(24(36)31-14)33-15(2)32-22-18(25(33)37)13-38-21(22)10-9-20(34)23(35)16-4-6-17(7-5-16)26(11-12-26)27(28,29)30/h4-7,13,19H,1,3,8-12H2,2H3,(H,31,36). The highest BCUT2D eigenvalue weighted by atomic mass is 32.1. The maximum atomic E-state index is 13.3. The van der Waals surface area contributed by atoms with Gasteiger partial charge in [-0.05, 0) is 44.6 Å². The van der Waals surface area contributed by atoms with Crippen LogP contribution < -0.4 is 10.9 Å². The van der Waals surface area contributed by atoms with Crippen LogP contribution in [0.2, 0.25) is 0 Å². The molecule has 0 bridgehead atoms. The van der Waals surface area contributed by atoms with Crippen molar-refractivity contribution in [1.29, 1.82) is 0 Å². The summed E-state index contributed by atoms with van der Waals surface area (Å²) in [7, 11) is 0. The van der Waals surface area contributed by atoms with E-state index in [1.807, 2.05) is 0 Å². The Kier molecular flexibility index (Phi) is 6.37. The Labute approximate surface area is 219 Å². The number of carbonyl (C=O) groups is 3. The first-order chi connectivity index (χ1) is 17.9. The average molecular weight is 544 g/mol. The summed E-state index contributed by atoms with van der Waals surface area (Å²) in [6.45, 7) is 5.40. The smallest absolute Gasteiger partial charge is 0.329 e. The first kappa shape index (κ1) is 26.0. The fraction of sp³-hybridized carbons (Fsp3) is 0.370. The summed E-state index contributed by atoms with van der Waals surface area (Å²) >= 11 is 1.25. The van der Waals surface area contributed by atoms with Gasteiger partial charge in [0.15, 0.2) is 0 Å². The molecule has 38 heavy (non-hydrogen) atoms. The zero-order valence-corrected chi connectivity index (χ0v) is 21.3. The lowest BCUT2D eigenvalue weighted by atomic mass is 9.93. The number of nitrogens with one attached hydrogen (secondary N) is 1. The molecule has 0 radical (unpaired) electrons. The van der Waals surface area contributed by atoms with Crippen LogP contribution in [0.1, 0.15) is 64.8 Å². The fourth-order valence-corrected chi connectivity index (χ4v) is 5.97. The number of halogens is 3. The molecular weight excluding hydrogens is 519 g/mol. The molecule has 1 aliphatic carbocycles. The largest absolute Gasteiger partial charge is 0.398 e. The van der Waals surface area contributed by atoms with Gasteiger partial charge in [-0.15, -0.1) is 11.3 Å². The molecule has 1 saturated carbocycles. The summed E-state index contributed by atoms with van der Waals surface area (Å²) < 4.78 is 41.4. The van der Waals surface area contributed by atoms with Gasteiger partial charge in [0.05, 0.1) is 16.3 Å². The molecule has 2 aromatic heterocycles. The minimum atomic E-state index is -4.36. The Hall–Kier alpha value is -3.60. The number of alkyl halides is 3. The highest BCUT2D eigenvalue weighted by molar-refractivity contribution is 7.11. The summed E-state index contributed by atoms with van der Waals surface area (Å²) in [5, 5.41) is 4.64. The van der Waals surface area contributed by atoms with Crippen molar-refractivity contribution < 1.29 is 27.6 Å². The zero-order chi connectivity index (χ0) is 27.4. The van der Waals surface area contributed by atoms with E-state index in [-0.39, 0.29) is 48.3 Å². The number of allylic oxidation sites excluding steroid dienone is 1. The fourth-order valence-electron chi connectivity index (χ4n) is 5.01. The minimum absolute atomic E-state index is 0.0136. The van der Waals surface area contributed by atoms with Gasteiger partial charge in [-0.25, -0.2) is 4.98 Å². The molecule has 198 valence electrons. The maximum absolute atomic E-state index is 13.3. The summed E-state index contributed by atoms with van der Waals surface area (Å²) in [5.74, 6) is -1.40. The average Bonchev–Trinajstić information content (AvgIpc) is 3.60. The van der Waals surface area contributed by atoms with E-state index in [9.17, 15) is 32.3 Å². The van der Waals surface area contributed by atoms with Gasteiger partial charge in [-0.2, -0.15) is 13.2 Å². The third-order valence-corrected chi connectivity index (χ3v) is 8.40. The van der Waals surface area contributed by atoms with Crippen molar-refractivity contribution in [3.63, 3.8) is 0 Å². The Morgan fingerprint density at radius 1 is 1.21 bits per heavy atom. The summed E-state index contributed by atoms with van der Waals surface area (Å²) in [4.78, 5) is 56.1. The molecule has 1 N–H and O–H groups in total. The second-order valence-corrected chi connectivity index (χ2v) is 10.8. The van der Waals surface area contributed by atoms with Gasteiger partial charge in [0.2, 0.25) is 17.5 Å². The molecule has 1 saturated heterocycles. The quantitative estimate of drug-likeness (QED) is 0.344. The number of benzene rings is 1. The van der Waals surface area contributed by atoms with E-state index in [0.29, 0.717) is 40.1 Å². The summed E-state index contributed by atoms with van der Waals surface area (Å²) in [5.41, 5.74) is -1.02. The van der Waals surface area contributed by atoms with Gasteiger partial charge in [0, 0.05) is 27.9 Å². The van der Waals surface area contributed by atoms with Gasteiger partial charge < -0.3 is 5.32 Å². The lowest BCUT2D eigenvalue weighted by Gasteiger charge is -2.26. The second-order valence-electron chi connectivity index (χ2n) is 9.81. The molecule has 0 spiro atoms. The van der Waals surface area contributed by atoms with E-state index in [1.54, 1.807) is 12.3 Å². The number of piperidine rings is 1. The number of amides is 1. The summed E-state index contributed by atoms with van der Waals surface area (Å²) in [6, 6.07) is 4.39. The third kappa shape index (κ3) is 4.38. The van der Waals surface area contributed by atoms with Crippen LogP contribution in [0.15, 0.2) is 46.7 Å². The van der Waals surface area contributed by atoms with Crippen molar-refractivity contribution in [1.82, 2.24) is 14.9 Å². The molecule has 7 nitrogen and oxygen atoms in total. The normalized spacial score (nSPS) is 18.9. The molecule has 1 aliphatic heterocycles. The van der Waals surface area contributed by atoms with E-state index in [1.165, 1.54) is 40.2 Å². The lowest BCUT2D eigenvalue weighted by Crippen LogP contribution is -2.41. The third-order valence-electron chi connectivity index (χ3n) is 7.37. The Morgan fingerprint density at radius 2 is 1.89 bits per heavy atom. The summed E-state index contributed by atoms with van der Waals surface area (Å²) in [6.07, 6.45) is -3.31. The van der Waals surface area contributed by atoms with Crippen molar-refractivity contribution in [2.45, 2.75) is 63.1 Å². The van der Waals surface area contributed by atoms with Gasteiger partial charge >= 0.3 is 6.18 Å². The van der Waals surface area contributed by atoms with Crippen molar-refractivity contribution in [2.75, 3.05) is 0 Å². The van der Waals surface area contributed by atoms with Crippen LogP contribution in [0.4, 0.5) is 13.2 Å². The number of carbonyl (C=O) groups excluding carboxylic acids is 3. The topological polar surface area (TPSA) is 98.1 Å². The number of rotatable bonds is 7. The first-order valence-corrected chi connectivity index (χ1v) is 13.0. The number of hydrogen-bond donors (Lipinski definition) is 1. The van der Waals surface area contributed by atoms with Crippen LogP contribution in [0, 0.1) is 6.92 Å². The number of fused-ring (bicyclic) bond motifs is 1. The highest BCUT2D eigenvalue weighted by Gasteiger charge is 2.64. The molecule has 11 heteroatoms. The molecule has 2 aliphatic rings. The van der Waals surface area contributed by atoms with Crippen molar-refractivity contribution >= 4 is 39.7 Å². The number of hydrogen-bond acceptors (Lipinski definition) is 6. The molecule has 3 heterocycles. The molecule has 3 aromatic rings. The SMILES string of the molecule is C=C1CCC(n2c(C)nc3c(CCC(=O)C(=O)c4ccc(C5(C(F)(F)F)CC5)cc4)scc3c2=O)C(=O)N1. The number of nitrogens with zero attached hydrogens (tertiary/aromatic N) is 2. The Balaban J connectivity index is 1.30. The number of aryl methyl sites for hydroxylation is 2. The molecule has 2 fully saturated rings. The van der Waals surface area contributed by atoms with Crippen LogP contribution in [0.25, 0.3) is 10.9 Å². The Morgan fingerprint density at radius 3 is 2.50 bits per heavy atom. The predicted molar refractivity (Wildman–Crippen MR) is 135 cm³/mol. The van der Waals surface area contributed by atoms with Crippen molar-refractivity contribution in [3.8, 4) is 0 Å². The van der Waals surface area contributed by atoms with E-state index < -0.39 is 29.2 Å². The number of Topliss-reactive ketones (excluding diaryl/α,β-unsaturated/α-hetero) is 2. The molecule has 1 aromatic carbocycles. The van der Waals surface area contributed by atoms with E-state index in [0.717, 1.165) is 0 Å². The van der Waals surface area contributed by atoms with Gasteiger partial charge in [-0.1, -0.05) is 30.8 Å². The van der Waals surface area contributed by atoms with E-state index >= 15 is 0 Å². The second kappa shape index (κ2) is 9.30. The maximum Gasteiger partial charge on any atom is 0.398 e. The van der Waals surface area contributed by atoms with Gasteiger partial charge in [0.1, 0.15) is 11.9 Å². The van der Waals surface area contributed by atoms with Crippen molar-refractivity contribution in [2.24, 2.45) is 0 Å². The van der Waals surface area contributed by atoms with Crippen LogP contribution in [0.5, 0.6) is 0 Å². The minimum Gasteiger partial charge on any atom is -0.329 e. The van der Waals surface area contributed by atoms with Crippen LogP contribution in [-0.2, 0) is 21.4 Å². The number of thiophene rings is 1. The van der Waals surface area contributed by atoms with Gasteiger partial charge in [0.25, 0.3) is 5.56 Å². The molecular formula is C27H24F3N3O4S. The molecule has 1 atom stereocenters. The van der Waals surface area contributed by atoms with Gasteiger partial charge in [-0.3, -0.25) is 23.7 Å². The molecule has 1 amide bonds. The van der Waals surface area contributed by atoms with Crippen LogP contribution in [-0.4, -0.2) is 33.2 Å². The van der Waals surface area contributed by atoms with Crippen LogP contribution in [0.3, 0.4) is 0 Å².